The molecule has 62 heavy (non-hydrogen) atoms. The van der Waals surface area contributed by atoms with E-state index in [9.17, 15) is 0 Å². The molecule has 12 rings (SSSR count). The Morgan fingerprint density at radius 3 is 1.27 bits per heavy atom. The van der Waals surface area contributed by atoms with Crippen molar-refractivity contribution in [1.82, 2.24) is 0 Å². The van der Waals surface area contributed by atoms with Crippen molar-refractivity contribution in [3.05, 3.63) is 231 Å². The van der Waals surface area contributed by atoms with E-state index >= 15 is 0 Å². The molecule has 0 atom stereocenters. The first-order chi connectivity index (χ1) is 30.7. The van der Waals surface area contributed by atoms with Gasteiger partial charge in [-0.3, -0.25) is 0 Å². The molecule has 4 nitrogen and oxygen atoms in total. The summed E-state index contributed by atoms with van der Waals surface area (Å²) in [5, 5.41) is 6.68. The van der Waals surface area contributed by atoms with Gasteiger partial charge in [-0.15, -0.1) is 0 Å². The lowest BCUT2D eigenvalue weighted by Gasteiger charge is -2.30. The molecule has 12 aromatic rings. The second kappa shape index (κ2) is 14.7. The van der Waals surface area contributed by atoms with E-state index < -0.39 is 0 Å². The predicted octanol–water partition coefficient (Wildman–Crippen LogP) is 16.9. The van der Waals surface area contributed by atoms with Gasteiger partial charge in [0.15, 0.2) is 0 Å². The van der Waals surface area contributed by atoms with Crippen molar-refractivity contribution >= 4 is 88.8 Å². The molecule has 0 amide bonds. The molecule has 0 N–H and O–H groups in total. The average molecular weight is 795 g/mol. The summed E-state index contributed by atoms with van der Waals surface area (Å²) in [5.74, 6) is 0. The Balaban J connectivity index is 1.14. The summed E-state index contributed by atoms with van der Waals surface area (Å²) in [6.45, 7) is 0. The largest absolute Gasteiger partial charge is 0.456 e. The van der Waals surface area contributed by atoms with Crippen LogP contribution in [0.5, 0.6) is 0 Å². The number of hydrogen-bond donors (Lipinski definition) is 0. The van der Waals surface area contributed by atoms with E-state index in [4.69, 9.17) is 8.83 Å². The number of benzene rings is 10. The SMILES string of the molecule is c1ccc(-c2cc3c(-c4ccccc4)cc(N(c4ccccc4)c4ccc5c(c4)oc4ccccc45)cc3cc2N(c2ccccc2)c2ccc3c(c2)oc2ccccc23)cc1. The van der Waals surface area contributed by atoms with Gasteiger partial charge in [0.2, 0.25) is 0 Å². The Labute approximate surface area is 358 Å². The van der Waals surface area contributed by atoms with Crippen molar-refractivity contribution < 1.29 is 8.83 Å². The van der Waals surface area contributed by atoms with Gasteiger partial charge in [-0.05, 0) is 112 Å². The maximum Gasteiger partial charge on any atom is 0.137 e. The molecule has 4 heteroatoms. The third-order valence-electron chi connectivity index (χ3n) is 12.0. The van der Waals surface area contributed by atoms with Crippen LogP contribution in [0.1, 0.15) is 0 Å². The quantitative estimate of drug-likeness (QED) is 0.153. The van der Waals surface area contributed by atoms with Crippen molar-refractivity contribution in [2.45, 2.75) is 0 Å². The summed E-state index contributed by atoms with van der Waals surface area (Å²) in [7, 11) is 0. The minimum atomic E-state index is 0.847. The fourth-order valence-electron chi connectivity index (χ4n) is 9.14. The van der Waals surface area contributed by atoms with Crippen LogP contribution in [0.3, 0.4) is 0 Å². The average Bonchev–Trinajstić information content (AvgIpc) is 3.90. The van der Waals surface area contributed by atoms with E-state index in [1.54, 1.807) is 0 Å². The molecule has 10 aromatic carbocycles. The van der Waals surface area contributed by atoms with Crippen molar-refractivity contribution in [3.63, 3.8) is 0 Å². The maximum absolute atomic E-state index is 6.50. The highest BCUT2D eigenvalue weighted by molar-refractivity contribution is 6.10. The van der Waals surface area contributed by atoms with Crippen LogP contribution in [0, 0.1) is 0 Å². The number of anilines is 6. The molecule has 0 aliphatic rings. The number of hydrogen-bond acceptors (Lipinski definition) is 4. The lowest BCUT2D eigenvalue weighted by Crippen LogP contribution is -2.12. The molecule has 0 bridgehead atoms. The summed E-state index contributed by atoms with van der Waals surface area (Å²) >= 11 is 0. The molecule has 0 saturated heterocycles. The molecule has 0 fully saturated rings. The van der Waals surface area contributed by atoms with Crippen molar-refractivity contribution in [2.75, 3.05) is 9.80 Å². The topological polar surface area (TPSA) is 32.8 Å². The number of fused-ring (bicyclic) bond motifs is 7. The first kappa shape index (κ1) is 35.6. The second-order valence-corrected chi connectivity index (χ2v) is 15.7. The Morgan fingerprint density at radius 1 is 0.258 bits per heavy atom. The monoisotopic (exact) mass is 794 g/mol. The van der Waals surface area contributed by atoms with Crippen LogP contribution in [-0.4, -0.2) is 0 Å². The van der Waals surface area contributed by atoms with Crippen LogP contribution in [0.2, 0.25) is 0 Å². The van der Waals surface area contributed by atoms with Gasteiger partial charge in [0.1, 0.15) is 22.3 Å². The van der Waals surface area contributed by atoms with Gasteiger partial charge in [-0.1, -0.05) is 133 Å². The fraction of sp³-hybridized carbons (Fsp3) is 0. The highest BCUT2D eigenvalue weighted by atomic mass is 16.3. The van der Waals surface area contributed by atoms with Crippen molar-refractivity contribution in [2.24, 2.45) is 0 Å². The number of nitrogens with zero attached hydrogens (tertiary/aromatic N) is 2. The van der Waals surface area contributed by atoms with Crippen molar-refractivity contribution in [3.8, 4) is 22.3 Å². The zero-order valence-electron chi connectivity index (χ0n) is 33.7. The fourth-order valence-corrected chi connectivity index (χ4v) is 9.14. The van der Waals surface area contributed by atoms with Gasteiger partial charge in [0, 0.05) is 67.7 Å². The lowest BCUT2D eigenvalue weighted by atomic mass is 9.91. The minimum absolute atomic E-state index is 0.847. The van der Waals surface area contributed by atoms with Gasteiger partial charge in [0.25, 0.3) is 0 Å². The Hall–Kier alpha value is -8.34. The Morgan fingerprint density at radius 2 is 0.710 bits per heavy atom. The zero-order valence-corrected chi connectivity index (χ0v) is 33.7. The van der Waals surface area contributed by atoms with Crippen LogP contribution in [0.25, 0.3) is 76.9 Å². The summed E-state index contributed by atoms with van der Waals surface area (Å²) < 4.78 is 13.0. The normalized spacial score (nSPS) is 11.5. The molecule has 0 aliphatic heterocycles. The number of para-hydroxylation sites is 4. The van der Waals surface area contributed by atoms with Gasteiger partial charge < -0.3 is 18.6 Å². The van der Waals surface area contributed by atoms with Gasteiger partial charge in [-0.25, -0.2) is 0 Å². The van der Waals surface area contributed by atoms with E-state index in [0.29, 0.717) is 0 Å². The van der Waals surface area contributed by atoms with E-state index in [-0.39, 0.29) is 0 Å². The smallest absolute Gasteiger partial charge is 0.137 e. The van der Waals surface area contributed by atoms with Crippen LogP contribution in [-0.2, 0) is 0 Å². The van der Waals surface area contributed by atoms with E-state index in [2.05, 4.69) is 216 Å². The Kier molecular flexibility index (Phi) is 8.46. The molecule has 0 aliphatic carbocycles. The lowest BCUT2D eigenvalue weighted by molar-refractivity contribution is 0.668. The molecule has 2 aromatic heterocycles. The summed E-state index contributed by atoms with van der Waals surface area (Å²) in [4.78, 5) is 4.71. The highest BCUT2D eigenvalue weighted by Gasteiger charge is 2.23. The van der Waals surface area contributed by atoms with Gasteiger partial charge >= 0.3 is 0 Å². The summed E-state index contributed by atoms with van der Waals surface area (Å²) in [6.07, 6.45) is 0. The molecular formula is C58H38N2O2. The second-order valence-electron chi connectivity index (χ2n) is 15.7. The molecule has 0 unspecified atom stereocenters. The number of furan rings is 2. The molecule has 0 radical (unpaired) electrons. The van der Waals surface area contributed by atoms with Crippen LogP contribution in [0.15, 0.2) is 239 Å². The molecule has 0 saturated carbocycles. The third-order valence-corrected chi connectivity index (χ3v) is 12.0. The van der Waals surface area contributed by atoms with E-state index in [1.165, 1.54) is 0 Å². The van der Waals surface area contributed by atoms with Crippen LogP contribution < -0.4 is 9.80 Å². The van der Waals surface area contributed by atoms with Crippen LogP contribution >= 0.6 is 0 Å². The first-order valence-electron chi connectivity index (χ1n) is 21.0. The third kappa shape index (κ3) is 6.08. The maximum atomic E-state index is 6.50. The Bertz CT molecular complexity index is 3580. The molecule has 292 valence electrons. The zero-order chi connectivity index (χ0) is 41.0. The van der Waals surface area contributed by atoms with Crippen molar-refractivity contribution in [1.29, 1.82) is 0 Å². The number of rotatable bonds is 8. The van der Waals surface area contributed by atoms with Crippen LogP contribution in [0.4, 0.5) is 34.1 Å². The molecular weight excluding hydrogens is 757 g/mol. The summed E-state index contributed by atoms with van der Waals surface area (Å²) in [6, 6.07) is 81.8. The van der Waals surface area contributed by atoms with E-state index in [0.717, 1.165) is 111 Å². The minimum Gasteiger partial charge on any atom is -0.456 e. The van der Waals surface area contributed by atoms with Gasteiger partial charge in [-0.2, -0.15) is 0 Å². The molecule has 2 heterocycles. The van der Waals surface area contributed by atoms with Gasteiger partial charge in [0.05, 0.1) is 5.69 Å². The summed E-state index contributed by atoms with van der Waals surface area (Å²) in [5.41, 5.74) is 14.2. The standard InChI is InChI=1S/C58H38N2O2/c1-5-17-39(18-6-1)51-35-46(59(42-21-9-3-10-22-42)44-29-31-49-47-25-13-15-27-55(47)61-57(49)36-44)33-41-34-54(53(38-52(41)51)40-19-7-2-8-20-40)60(43-23-11-4-12-24-43)45-30-32-50-48-26-14-16-28-56(48)62-58(50)37-45/h1-38H. The first-order valence-corrected chi connectivity index (χ1v) is 21.0. The molecule has 0 spiro atoms. The predicted molar refractivity (Wildman–Crippen MR) is 259 cm³/mol. The van der Waals surface area contributed by atoms with E-state index in [1.807, 2.05) is 24.3 Å². The highest BCUT2D eigenvalue weighted by Crippen LogP contribution is 2.48.